The van der Waals surface area contributed by atoms with Crippen LogP contribution < -0.4 is 34.9 Å². The molecule has 7 N–H and O–H groups in total. The van der Waals surface area contributed by atoms with Crippen LogP contribution in [0.4, 0.5) is 0 Å². The molecule has 0 heterocycles. The molecule has 4 saturated carbocycles. The molecule has 0 saturated heterocycles. The van der Waals surface area contributed by atoms with Crippen molar-refractivity contribution in [2.75, 3.05) is 25.5 Å². The summed E-state index contributed by atoms with van der Waals surface area (Å²) in [5, 5.41) is 53.2. The largest absolute Gasteiger partial charge is 1.00 e. The standard InChI is InChI=1S/C29H51NO9S.C18H34O2.Na.H/c1-17(4-7-26(35)30-10-11-40(36,37)38)21-5-6-22-27-23(14-25(34)29(21,22)3)28(2)9-8-20(39-16-19(32)15-31)12-18(28)13-24(27)33;1-2-3-4-5-6-7-8-9-10-11-12-13-14-15-16-17-18(19)20;;/h17-25,27,31-34H,4-16H2,1-3H3,(H,30,35)(H,36,37,38);9-10H,2-8,11-17H2,1H3,(H,19,20);;/q;;+1;-1/b;10-9-;;/t17-,18?,19?,20-,21-,22?,23?,24-,25+,27?,28+,29-;;;/m1.../s1. The smallest absolute Gasteiger partial charge is 1.00 e. The molecule has 61 heavy (non-hydrogen) atoms. The van der Waals surface area contributed by atoms with Gasteiger partial charge >= 0.3 is 35.5 Å². The molecule has 4 aliphatic rings. The summed E-state index contributed by atoms with van der Waals surface area (Å²) in [6, 6.07) is 0. The second kappa shape index (κ2) is 28.4. The van der Waals surface area contributed by atoms with Crippen molar-refractivity contribution in [3.63, 3.8) is 0 Å². The van der Waals surface area contributed by atoms with E-state index < -0.39 is 40.2 Å². The van der Waals surface area contributed by atoms with Gasteiger partial charge in [-0.05, 0) is 130 Å². The van der Waals surface area contributed by atoms with Crippen LogP contribution in [-0.2, 0) is 24.4 Å². The number of aliphatic hydroxyl groups excluding tert-OH is 4. The third-order valence-electron chi connectivity index (χ3n) is 15.4. The number of carbonyl (C=O) groups excluding carboxylic acids is 1. The van der Waals surface area contributed by atoms with E-state index >= 15 is 0 Å². The number of nitrogens with one attached hydrogen (secondary N) is 1. The maximum Gasteiger partial charge on any atom is 1.00 e. The first-order valence-electron chi connectivity index (χ1n) is 23.8. The molecule has 4 rings (SSSR count). The summed E-state index contributed by atoms with van der Waals surface area (Å²) in [6.07, 6.45) is 26.2. The molecule has 5 unspecified atom stereocenters. The number of amides is 1. The van der Waals surface area contributed by atoms with Crippen molar-refractivity contribution in [2.45, 2.75) is 200 Å². The van der Waals surface area contributed by atoms with E-state index in [1.54, 1.807) is 0 Å². The molecule has 12 atom stereocenters. The van der Waals surface area contributed by atoms with Crippen LogP contribution in [0, 0.1) is 46.3 Å². The second-order valence-electron chi connectivity index (χ2n) is 19.5. The summed E-state index contributed by atoms with van der Waals surface area (Å²) in [4.78, 5) is 22.6. The first kappa shape index (κ1) is 56.5. The summed E-state index contributed by atoms with van der Waals surface area (Å²) in [6.45, 7) is 8.60. The van der Waals surface area contributed by atoms with E-state index in [-0.39, 0.29) is 116 Å². The number of carbonyl (C=O) groups is 2. The monoisotopic (exact) mass is 896 g/mol. The molecule has 0 aromatic carbocycles. The molecule has 0 radical (unpaired) electrons. The van der Waals surface area contributed by atoms with Gasteiger partial charge in [-0.1, -0.05) is 91.2 Å². The van der Waals surface area contributed by atoms with E-state index in [0.29, 0.717) is 25.7 Å². The average molecular weight is 896 g/mol. The summed E-state index contributed by atoms with van der Waals surface area (Å²) >= 11 is 0. The van der Waals surface area contributed by atoms with Gasteiger partial charge in [0.15, 0.2) is 0 Å². The Labute approximate surface area is 392 Å². The number of fused-ring (bicyclic) bond motifs is 5. The number of aliphatic carboxylic acids is 1. The number of hydrogen-bond acceptors (Lipinski definition) is 9. The van der Waals surface area contributed by atoms with Gasteiger partial charge < -0.3 is 37.0 Å². The van der Waals surface area contributed by atoms with Crippen molar-refractivity contribution < 1.29 is 83.8 Å². The van der Waals surface area contributed by atoms with Crippen LogP contribution in [0.5, 0.6) is 0 Å². The number of allylic oxidation sites excluding steroid dienone is 2. The Balaban J connectivity index is 0.000000746. The van der Waals surface area contributed by atoms with Crippen LogP contribution in [0.3, 0.4) is 0 Å². The predicted molar refractivity (Wildman–Crippen MR) is 237 cm³/mol. The quantitative estimate of drug-likeness (QED) is 0.0267. The van der Waals surface area contributed by atoms with E-state index in [9.17, 15) is 33.3 Å². The third-order valence-corrected chi connectivity index (χ3v) is 16.1. The van der Waals surface area contributed by atoms with Crippen molar-refractivity contribution in [2.24, 2.45) is 46.3 Å². The van der Waals surface area contributed by atoms with Crippen molar-refractivity contribution >= 4 is 22.0 Å². The fourth-order valence-electron chi connectivity index (χ4n) is 11.9. The summed E-state index contributed by atoms with van der Waals surface area (Å²) in [5.41, 5.74) is -0.335. The zero-order valence-electron chi connectivity index (χ0n) is 39.7. The first-order valence-corrected chi connectivity index (χ1v) is 25.4. The van der Waals surface area contributed by atoms with Gasteiger partial charge in [-0.2, -0.15) is 8.42 Å². The minimum absolute atomic E-state index is 0. The molecular formula is C47H86NNaO11S. The van der Waals surface area contributed by atoms with Crippen molar-refractivity contribution in [3.8, 4) is 0 Å². The number of aliphatic hydroxyl groups is 4. The van der Waals surface area contributed by atoms with Crippen molar-refractivity contribution in [1.82, 2.24) is 5.32 Å². The molecule has 0 aromatic heterocycles. The molecule has 0 bridgehead atoms. The van der Waals surface area contributed by atoms with E-state index in [1.165, 1.54) is 70.6 Å². The van der Waals surface area contributed by atoms with Crippen LogP contribution in [0.15, 0.2) is 12.2 Å². The fourth-order valence-corrected chi connectivity index (χ4v) is 12.2. The molecular weight excluding hydrogens is 810 g/mol. The maximum atomic E-state index is 12.3. The Kier molecular flexibility index (Phi) is 26.3. The number of unbranched alkanes of at least 4 members (excludes halogenated alkanes) is 11. The van der Waals surface area contributed by atoms with Crippen LogP contribution in [-0.4, -0.2) is 100 Å². The minimum Gasteiger partial charge on any atom is -1.00 e. The topological polar surface area (TPSA) is 211 Å². The zero-order valence-corrected chi connectivity index (χ0v) is 41.5. The molecule has 12 nitrogen and oxygen atoms in total. The third kappa shape index (κ3) is 18.0. The van der Waals surface area contributed by atoms with Gasteiger partial charge in [-0.25, -0.2) is 0 Å². The molecule has 1 amide bonds. The predicted octanol–water partition coefficient (Wildman–Crippen LogP) is 4.97. The Morgan fingerprint density at radius 3 is 2.11 bits per heavy atom. The van der Waals surface area contributed by atoms with Crippen LogP contribution >= 0.6 is 0 Å². The minimum atomic E-state index is -4.11. The number of hydrogen-bond donors (Lipinski definition) is 7. The van der Waals surface area contributed by atoms with E-state index in [0.717, 1.165) is 44.9 Å². The van der Waals surface area contributed by atoms with Gasteiger partial charge in [0.25, 0.3) is 10.1 Å². The van der Waals surface area contributed by atoms with Gasteiger partial charge in [-0.15, -0.1) is 0 Å². The first-order chi connectivity index (χ1) is 28.5. The summed E-state index contributed by atoms with van der Waals surface area (Å²) in [7, 11) is -4.11. The van der Waals surface area contributed by atoms with Gasteiger partial charge in [0.05, 0.1) is 37.3 Å². The molecule has 4 fully saturated rings. The number of ether oxygens (including phenoxy) is 1. The number of carboxylic acid groups (broad SMARTS) is 1. The Bertz CT molecular complexity index is 1410. The van der Waals surface area contributed by atoms with Crippen molar-refractivity contribution in [1.29, 1.82) is 0 Å². The van der Waals surface area contributed by atoms with Gasteiger partial charge in [-0.3, -0.25) is 14.1 Å². The van der Waals surface area contributed by atoms with Gasteiger partial charge in [0.1, 0.15) is 6.10 Å². The van der Waals surface area contributed by atoms with Gasteiger partial charge in [0.2, 0.25) is 5.91 Å². The van der Waals surface area contributed by atoms with Crippen LogP contribution in [0.2, 0.25) is 0 Å². The number of rotatable bonds is 26. The zero-order chi connectivity index (χ0) is 44.3. The van der Waals surface area contributed by atoms with E-state index in [2.05, 4.69) is 45.2 Å². The van der Waals surface area contributed by atoms with E-state index in [4.69, 9.17) is 19.5 Å². The molecule has 0 aromatic rings. The number of carboxylic acids is 1. The SMILES string of the molecule is CCCCCCCC/C=C\CCCCCCCC(=O)O.C[C@H](CCC(=O)NCCS(=O)(=O)O)[C@H]1CCC2C3C(C[C@H](O)[C@@]21C)[C@@]1(C)CC[C@@H](OCC(O)CO)CC1C[C@H]3O.[H-].[Na+]. The Morgan fingerprint density at radius 2 is 1.51 bits per heavy atom. The van der Waals surface area contributed by atoms with Gasteiger partial charge in [0, 0.05) is 19.4 Å². The van der Waals surface area contributed by atoms with Crippen molar-refractivity contribution in [3.05, 3.63) is 12.2 Å². The van der Waals surface area contributed by atoms with E-state index in [1.807, 2.05) is 0 Å². The Morgan fingerprint density at radius 1 is 0.885 bits per heavy atom. The summed E-state index contributed by atoms with van der Waals surface area (Å²) < 4.78 is 36.5. The maximum absolute atomic E-state index is 12.3. The molecule has 0 aliphatic heterocycles. The molecule has 4 aliphatic carbocycles. The average Bonchev–Trinajstić information content (AvgIpc) is 3.56. The summed E-state index contributed by atoms with van der Waals surface area (Å²) in [5.74, 6) is -0.175. The second-order valence-corrected chi connectivity index (χ2v) is 21.1. The Hall–Kier alpha value is -0.610. The van der Waals surface area contributed by atoms with Crippen LogP contribution in [0.25, 0.3) is 0 Å². The molecule has 0 spiro atoms. The fraction of sp³-hybridized carbons (Fsp3) is 0.915. The molecule has 14 heteroatoms. The molecule has 352 valence electrons. The normalized spacial score (nSPS) is 31.8. The van der Waals surface area contributed by atoms with Crippen LogP contribution in [0.1, 0.15) is 177 Å².